The number of nitrogens with one attached hydrogen (secondary N) is 1. The van der Waals surface area contributed by atoms with E-state index in [0.717, 1.165) is 41.7 Å². The van der Waals surface area contributed by atoms with Crippen molar-refractivity contribution in [2.75, 3.05) is 12.4 Å². The Kier molecular flexibility index (Phi) is 6.42. The number of hydrogen-bond donors (Lipinski definition) is 1. The molecule has 0 radical (unpaired) electrons. The van der Waals surface area contributed by atoms with E-state index >= 15 is 0 Å². The van der Waals surface area contributed by atoms with Gasteiger partial charge in [-0.25, -0.2) is 4.79 Å². The molecule has 0 aliphatic heterocycles. The molecule has 156 valence electrons. The largest absolute Gasteiger partial charge is 0.465 e. The average molecular weight is 423 g/mol. The standard InChI is InChI=1S/C24H26N2O3S/c1-24(2,3)17-11-9-15(10-12-17)13-16(14-25)21(27)26-22-20(23(28)29-4)18-7-5-6-8-19(18)30-22/h9-13H,5-8H2,1-4H3,(H,26,27)/b16-13+. The summed E-state index contributed by atoms with van der Waals surface area (Å²) in [6, 6.07) is 9.78. The summed E-state index contributed by atoms with van der Waals surface area (Å²) >= 11 is 1.40. The summed E-state index contributed by atoms with van der Waals surface area (Å²) < 4.78 is 4.94. The highest BCUT2D eigenvalue weighted by Crippen LogP contribution is 2.38. The van der Waals surface area contributed by atoms with E-state index in [1.165, 1.54) is 24.0 Å². The van der Waals surface area contributed by atoms with Gasteiger partial charge >= 0.3 is 5.97 Å². The van der Waals surface area contributed by atoms with Crippen LogP contribution in [0.25, 0.3) is 6.08 Å². The smallest absolute Gasteiger partial charge is 0.341 e. The third-order valence-electron chi connectivity index (χ3n) is 5.24. The molecule has 30 heavy (non-hydrogen) atoms. The summed E-state index contributed by atoms with van der Waals surface area (Å²) in [6.45, 7) is 6.39. The number of fused-ring (bicyclic) bond motifs is 1. The van der Waals surface area contributed by atoms with E-state index in [0.29, 0.717) is 10.6 Å². The number of hydrogen-bond acceptors (Lipinski definition) is 5. The molecule has 3 rings (SSSR count). The molecule has 1 amide bonds. The van der Waals surface area contributed by atoms with Gasteiger partial charge in [0.15, 0.2) is 0 Å². The number of amides is 1. The highest BCUT2D eigenvalue weighted by molar-refractivity contribution is 7.17. The lowest BCUT2D eigenvalue weighted by molar-refractivity contribution is -0.112. The molecule has 0 spiro atoms. The highest BCUT2D eigenvalue weighted by Gasteiger charge is 2.27. The van der Waals surface area contributed by atoms with Crippen molar-refractivity contribution >= 4 is 34.3 Å². The Balaban J connectivity index is 1.87. The molecular weight excluding hydrogens is 396 g/mol. The zero-order valence-corrected chi connectivity index (χ0v) is 18.6. The molecule has 0 saturated heterocycles. The molecule has 5 nitrogen and oxygen atoms in total. The lowest BCUT2D eigenvalue weighted by Gasteiger charge is -2.18. The summed E-state index contributed by atoms with van der Waals surface area (Å²) in [5.74, 6) is -0.980. The van der Waals surface area contributed by atoms with Gasteiger partial charge in [0, 0.05) is 4.88 Å². The number of aryl methyl sites for hydroxylation is 1. The normalized spacial score (nSPS) is 13.9. The maximum Gasteiger partial charge on any atom is 0.341 e. The van der Waals surface area contributed by atoms with Gasteiger partial charge in [0.05, 0.1) is 12.7 Å². The van der Waals surface area contributed by atoms with Crippen LogP contribution in [0.4, 0.5) is 5.00 Å². The number of esters is 1. The summed E-state index contributed by atoms with van der Waals surface area (Å²) in [4.78, 5) is 26.3. The molecule has 1 aromatic carbocycles. The maximum atomic E-state index is 12.8. The van der Waals surface area contributed by atoms with Crippen LogP contribution in [0.5, 0.6) is 0 Å². The van der Waals surface area contributed by atoms with Crippen molar-refractivity contribution in [3.05, 3.63) is 57.0 Å². The number of rotatable bonds is 4. The van der Waals surface area contributed by atoms with Gasteiger partial charge in [0.1, 0.15) is 16.6 Å². The van der Waals surface area contributed by atoms with Crippen LogP contribution >= 0.6 is 11.3 Å². The minimum Gasteiger partial charge on any atom is -0.465 e. The Morgan fingerprint density at radius 3 is 2.43 bits per heavy atom. The summed E-state index contributed by atoms with van der Waals surface area (Å²) in [5, 5.41) is 12.8. The minimum atomic E-state index is -0.527. The molecule has 0 atom stereocenters. The lowest BCUT2D eigenvalue weighted by atomic mass is 9.86. The van der Waals surface area contributed by atoms with E-state index in [-0.39, 0.29) is 11.0 Å². The van der Waals surface area contributed by atoms with Crippen molar-refractivity contribution < 1.29 is 14.3 Å². The molecule has 2 aromatic rings. The van der Waals surface area contributed by atoms with Crippen LogP contribution in [-0.4, -0.2) is 19.0 Å². The van der Waals surface area contributed by atoms with Gasteiger partial charge in [-0.3, -0.25) is 4.79 Å². The fourth-order valence-electron chi connectivity index (χ4n) is 3.54. The van der Waals surface area contributed by atoms with Crippen LogP contribution in [-0.2, 0) is 27.8 Å². The van der Waals surface area contributed by atoms with Crippen LogP contribution in [0.15, 0.2) is 29.8 Å². The third-order valence-corrected chi connectivity index (χ3v) is 6.45. The topological polar surface area (TPSA) is 79.2 Å². The predicted octanol–water partition coefficient (Wildman–Crippen LogP) is 5.26. The number of anilines is 1. The van der Waals surface area contributed by atoms with Crippen LogP contribution < -0.4 is 5.32 Å². The number of methoxy groups -OCH3 is 1. The monoisotopic (exact) mass is 422 g/mol. The van der Waals surface area contributed by atoms with Gasteiger partial charge < -0.3 is 10.1 Å². The van der Waals surface area contributed by atoms with E-state index < -0.39 is 11.9 Å². The van der Waals surface area contributed by atoms with Gasteiger partial charge in [0.2, 0.25) is 0 Å². The molecule has 6 heteroatoms. The Morgan fingerprint density at radius 1 is 1.17 bits per heavy atom. The Morgan fingerprint density at radius 2 is 1.83 bits per heavy atom. The van der Waals surface area contributed by atoms with Crippen molar-refractivity contribution in [1.29, 1.82) is 5.26 Å². The first-order chi connectivity index (χ1) is 14.2. The van der Waals surface area contributed by atoms with Crippen molar-refractivity contribution in [2.24, 2.45) is 0 Å². The van der Waals surface area contributed by atoms with Crippen molar-refractivity contribution in [1.82, 2.24) is 0 Å². The molecule has 1 N–H and O–H groups in total. The second kappa shape index (κ2) is 8.85. The number of benzene rings is 1. The number of carbonyl (C=O) groups excluding carboxylic acids is 2. The average Bonchev–Trinajstić information content (AvgIpc) is 3.08. The number of ether oxygens (including phenoxy) is 1. The summed E-state index contributed by atoms with van der Waals surface area (Å²) in [7, 11) is 1.34. The maximum absolute atomic E-state index is 12.8. The van der Waals surface area contributed by atoms with Crippen molar-refractivity contribution in [2.45, 2.75) is 51.9 Å². The number of nitriles is 1. The predicted molar refractivity (Wildman–Crippen MR) is 120 cm³/mol. The zero-order chi connectivity index (χ0) is 21.9. The molecule has 0 bridgehead atoms. The van der Waals surface area contributed by atoms with E-state index in [1.807, 2.05) is 30.3 Å². The first kappa shape index (κ1) is 21.8. The quantitative estimate of drug-likeness (QED) is 0.414. The SMILES string of the molecule is COC(=O)c1c(NC(=O)/C(C#N)=C/c2ccc(C(C)(C)C)cc2)sc2c1CCCC2. The van der Waals surface area contributed by atoms with Crippen LogP contribution in [0.1, 0.15) is 65.5 Å². The summed E-state index contributed by atoms with van der Waals surface area (Å²) in [6.07, 6.45) is 5.33. The summed E-state index contributed by atoms with van der Waals surface area (Å²) in [5.41, 5.74) is 3.36. The van der Waals surface area contributed by atoms with Crippen molar-refractivity contribution in [3.8, 4) is 6.07 Å². The van der Waals surface area contributed by atoms with E-state index in [1.54, 1.807) is 6.08 Å². The molecule has 0 fully saturated rings. The van der Waals surface area contributed by atoms with E-state index in [2.05, 4.69) is 26.1 Å². The number of carbonyl (C=O) groups is 2. The second-order valence-corrected chi connectivity index (χ2v) is 9.51. The van der Waals surface area contributed by atoms with Gasteiger partial charge in [-0.1, -0.05) is 45.0 Å². The van der Waals surface area contributed by atoms with E-state index in [4.69, 9.17) is 4.74 Å². The van der Waals surface area contributed by atoms with Crippen molar-refractivity contribution in [3.63, 3.8) is 0 Å². The fourth-order valence-corrected chi connectivity index (χ4v) is 4.81. The molecule has 1 heterocycles. The zero-order valence-electron chi connectivity index (χ0n) is 17.8. The number of nitrogens with zero attached hydrogens (tertiary/aromatic N) is 1. The van der Waals surface area contributed by atoms with Crippen LogP contribution in [0.2, 0.25) is 0 Å². The Bertz CT molecular complexity index is 1030. The van der Waals surface area contributed by atoms with Gasteiger partial charge in [-0.15, -0.1) is 11.3 Å². The second-order valence-electron chi connectivity index (χ2n) is 8.40. The Labute approximate surface area is 181 Å². The number of thiophene rings is 1. The lowest BCUT2D eigenvalue weighted by Crippen LogP contribution is -2.16. The van der Waals surface area contributed by atoms with Gasteiger partial charge in [-0.2, -0.15) is 5.26 Å². The van der Waals surface area contributed by atoms with Gasteiger partial charge in [-0.05, 0) is 53.9 Å². The van der Waals surface area contributed by atoms with Crippen LogP contribution in [0.3, 0.4) is 0 Å². The third kappa shape index (κ3) is 4.63. The van der Waals surface area contributed by atoms with Crippen LogP contribution in [0, 0.1) is 11.3 Å². The first-order valence-corrected chi connectivity index (χ1v) is 10.8. The fraction of sp³-hybridized carbons (Fsp3) is 0.375. The molecule has 1 aliphatic rings. The molecular formula is C24H26N2O3S. The minimum absolute atomic E-state index is 0.0132. The first-order valence-electron chi connectivity index (χ1n) is 10.0. The molecule has 1 aliphatic carbocycles. The molecule has 0 saturated carbocycles. The molecule has 0 unspecified atom stereocenters. The molecule has 1 aromatic heterocycles. The van der Waals surface area contributed by atoms with Gasteiger partial charge in [0.25, 0.3) is 5.91 Å². The Hall–Kier alpha value is -2.91. The van der Waals surface area contributed by atoms with E-state index in [9.17, 15) is 14.9 Å². The highest BCUT2D eigenvalue weighted by atomic mass is 32.1.